The molecule has 0 fully saturated rings. The van der Waals surface area contributed by atoms with Crippen LogP contribution < -0.4 is 10.5 Å². The van der Waals surface area contributed by atoms with E-state index >= 15 is 0 Å². The lowest BCUT2D eigenvalue weighted by atomic mass is 10.1. The zero-order valence-corrected chi connectivity index (χ0v) is 11.5. The van der Waals surface area contributed by atoms with E-state index in [2.05, 4.69) is 9.97 Å². The lowest BCUT2D eigenvalue weighted by Crippen LogP contribution is -2.06. The van der Waals surface area contributed by atoms with E-state index in [1.807, 2.05) is 36.0 Å². The topological polar surface area (TPSA) is 61.0 Å². The molecular weight excluding hydrogens is 258 g/mol. The highest BCUT2D eigenvalue weighted by Crippen LogP contribution is 2.32. The van der Waals surface area contributed by atoms with Gasteiger partial charge in [-0.15, -0.1) is 0 Å². The first-order valence-electron chi connectivity index (χ1n) is 6.11. The van der Waals surface area contributed by atoms with Crippen LogP contribution in [0.25, 0.3) is 0 Å². The van der Waals surface area contributed by atoms with Gasteiger partial charge < -0.3 is 10.5 Å². The zero-order chi connectivity index (χ0) is 13.2. The van der Waals surface area contributed by atoms with Crippen molar-refractivity contribution in [2.75, 3.05) is 12.8 Å². The largest absolute Gasteiger partial charge is 0.496 e. The number of benzene rings is 1. The molecule has 4 nitrogen and oxygen atoms in total. The van der Waals surface area contributed by atoms with Crippen molar-refractivity contribution in [2.24, 2.45) is 0 Å². The number of nitrogens with zero attached hydrogens (tertiary/aromatic N) is 2. The number of thioether (sulfide) groups is 1. The molecule has 1 aliphatic rings. The molecule has 1 aromatic carbocycles. The number of nitrogen functional groups attached to an aromatic ring is 1. The number of hydrogen-bond acceptors (Lipinski definition) is 5. The SMILES string of the molecule is COc1ccccc1Cc1nc(N)c2c(n1)CSC2. The molecule has 0 amide bonds. The summed E-state index contributed by atoms with van der Waals surface area (Å²) < 4.78 is 5.35. The Morgan fingerprint density at radius 3 is 2.95 bits per heavy atom. The van der Waals surface area contributed by atoms with Gasteiger partial charge in [0, 0.05) is 29.1 Å². The van der Waals surface area contributed by atoms with E-state index in [0.717, 1.165) is 39.9 Å². The number of nitrogens with two attached hydrogens (primary N) is 1. The summed E-state index contributed by atoms with van der Waals surface area (Å²) in [7, 11) is 1.67. The fraction of sp³-hybridized carbons (Fsp3) is 0.286. The summed E-state index contributed by atoms with van der Waals surface area (Å²) in [4.78, 5) is 9.03. The van der Waals surface area contributed by atoms with Gasteiger partial charge in [0.1, 0.15) is 17.4 Å². The van der Waals surface area contributed by atoms with E-state index < -0.39 is 0 Å². The van der Waals surface area contributed by atoms with Gasteiger partial charge >= 0.3 is 0 Å². The molecule has 0 unspecified atom stereocenters. The Morgan fingerprint density at radius 2 is 2.11 bits per heavy atom. The highest BCUT2D eigenvalue weighted by molar-refractivity contribution is 7.98. The second-order valence-corrected chi connectivity index (χ2v) is 5.42. The quantitative estimate of drug-likeness (QED) is 0.930. The maximum atomic E-state index is 6.00. The molecule has 2 aromatic rings. The molecule has 19 heavy (non-hydrogen) atoms. The molecule has 0 radical (unpaired) electrons. The van der Waals surface area contributed by atoms with E-state index in [0.29, 0.717) is 12.2 Å². The predicted octanol–water partition coefficient (Wildman–Crippen LogP) is 2.41. The fourth-order valence-electron chi connectivity index (χ4n) is 2.23. The Morgan fingerprint density at radius 1 is 1.26 bits per heavy atom. The molecule has 0 atom stereocenters. The van der Waals surface area contributed by atoms with Crippen LogP contribution in [-0.4, -0.2) is 17.1 Å². The molecule has 0 bridgehead atoms. The minimum absolute atomic E-state index is 0.625. The molecule has 1 aromatic heterocycles. The summed E-state index contributed by atoms with van der Waals surface area (Å²) in [6, 6.07) is 7.92. The van der Waals surface area contributed by atoms with Gasteiger partial charge in [-0.05, 0) is 6.07 Å². The summed E-state index contributed by atoms with van der Waals surface area (Å²) in [6.45, 7) is 0. The van der Waals surface area contributed by atoms with Crippen molar-refractivity contribution in [2.45, 2.75) is 17.9 Å². The number of aromatic nitrogens is 2. The summed E-state index contributed by atoms with van der Waals surface area (Å²) in [5.74, 6) is 4.11. The maximum absolute atomic E-state index is 6.00. The number of rotatable bonds is 3. The molecule has 2 heterocycles. The van der Waals surface area contributed by atoms with Gasteiger partial charge in [-0.3, -0.25) is 0 Å². The Kier molecular flexibility index (Phi) is 3.29. The summed E-state index contributed by atoms with van der Waals surface area (Å²) in [5, 5.41) is 0. The molecule has 0 saturated carbocycles. The average Bonchev–Trinajstić information content (AvgIpc) is 2.88. The third-order valence-electron chi connectivity index (χ3n) is 3.20. The molecule has 0 spiro atoms. The van der Waals surface area contributed by atoms with Crippen molar-refractivity contribution in [3.63, 3.8) is 0 Å². The number of para-hydroxylation sites is 1. The van der Waals surface area contributed by atoms with Crippen LogP contribution in [-0.2, 0) is 17.9 Å². The standard InChI is InChI=1S/C14H15N3OS/c1-18-12-5-3-2-4-9(12)6-13-16-11-8-19-7-10(11)14(15)17-13/h2-5H,6-8H2,1H3,(H2,15,16,17). The fourth-order valence-corrected chi connectivity index (χ4v) is 3.28. The average molecular weight is 273 g/mol. The van der Waals surface area contributed by atoms with Crippen LogP contribution in [0.2, 0.25) is 0 Å². The lowest BCUT2D eigenvalue weighted by molar-refractivity contribution is 0.410. The van der Waals surface area contributed by atoms with Crippen LogP contribution in [0.3, 0.4) is 0 Å². The third kappa shape index (κ3) is 2.38. The van der Waals surface area contributed by atoms with Gasteiger partial charge in [0.2, 0.25) is 0 Å². The van der Waals surface area contributed by atoms with Crippen LogP contribution >= 0.6 is 11.8 Å². The Balaban J connectivity index is 1.93. The maximum Gasteiger partial charge on any atom is 0.135 e. The summed E-state index contributed by atoms with van der Waals surface area (Å²) >= 11 is 1.83. The minimum atomic E-state index is 0.625. The van der Waals surface area contributed by atoms with Crippen LogP contribution in [0.5, 0.6) is 5.75 Å². The van der Waals surface area contributed by atoms with Gasteiger partial charge in [0.15, 0.2) is 0 Å². The van der Waals surface area contributed by atoms with Crippen molar-refractivity contribution in [1.29, 1.82) is 0 Å². The van der Waals surface area contributed by atoms with Gasteiger partial charge in [-0.1, -0.05) is 18.2 Å². The van der Waals surface area contributed by atoms with Crippen molar-refractivity contribution in [3.05, 3.63) is 46.9 Å². The molecule has 5 heteroatoms. The molecule has 2 N–H and O–H groups in total. The minimum Gasteiger partial charge on any atom is -0.496 e. The van der Waals surface area contributed by atoms with E-state index in [4.69, 9.17) is 10.5 Å². The van der Waals surface area contributed by atoms with Crippen LogP contribution in [0.1, 0.15) is 22.6 Å². The zero-order valence-electron chi connectivity index (χ0n) is 10.7. The Bertz CT molecular complexity index is 616. The first-order chi connectivity index (χ1) is 9.28. The van der Waals surface area contributed by atoms with Gasteiger partial charge in [-0.2, -0.15) is 11.8 Å². The normalized spacial score (nSPS) is 13.3. The second kappa shape index (κ2) is 5.09. The molecule has 98 valence electrons. The van der Waals surface area contributed by atoms with Crippen molar-refractivity contribution in [3.8, 4) is 5.75 Å². The van der Waals surface area contributed by atoms with Gasteiger partial charge in [0.25, 0.3) is 0 Å². The molecule has 0 aliphatic carbocycles. The van der Waals surface area contributed by atoms with E-state index in [9.17, 15) is 0 Å². The number of ether oxygens (including phenoxy) is 1. The van der Waals surface area contributed by atoms with Crippen molar-refractivity contribution < 1.29 is 4.74 Å². The monoisotopic (exact) mass is 273 g/mol. The Hall–Kier alpha value is -1.75. The molecule has 0 saturated heterocycles. The van der Waals surface area contributed by atoms with Crippen molar-refractivity contribution in [1.82, 2.24) is 9.97 Å². The lowest BCUT2D eigenvalue weighted by Gasteiger charge is -2.09. The first-order valence-corrected chi connectivity index (χ1v) is 7.27. The second-order valence-electron chi connectivity index (χ2n) is 4.43. The highest BCUT2D eigenvalue weighted by atomic mass is 32.2. The highest BCUT2D eigenvalue weighted by Gasteiger charge is 2.18. The number of hydrogen-bond donors (Lipinski definition) is 1. The molecular formula is C14H15N3OS. The van der Waals surface area contributed by atoms with Gasteiger partial charge in [0.05, 0.1) is 12.8 Å². The molecule has 1 aliphatic heterocycles. The van der Waals surface area contributed by atoms with Crippen molar-refractivity contribution >= 4 is 17.6 Å². The Labute approximate surface area is 116 Å². The number of anilines is 1. The van der Waals surface area contributed by atoms with E-state index in [1.165, 1.54) is 0 Å². The molecule has 3 rings (SSSR count). The summed E-state index contributed by atoms with van der Waals surface area (Å²) in [6.07, 6.45) is 0.645. The smallest absolute Gasteiger partial charge is 0.135 e. The van der Waals surface area contributed by atoms with Gasteiger partial charge in [-0.25, -0.2) is 9.97 Å². The predicted molar refractivity (Wildman–Crippen MR) is 77.2 cm³/mol. The third-order valence-corrected chi connectivity index (χ3v) is 4.17. The van der Waals surface area contributed by atoms with Crippen LogP contribution in [0.4, 0.5) is 5.82 Å². The van der Waals surface area contributed by atoms with Crippen LogP contribution in [0, 0.1) is 0 Å². The summed E-state index contributed by atoms with van der Waals surface area (Å²) in [5.41, 5.74) is 9.27. The van der Waals surface area contributed by atoms with Crippen LogP contribution in [0.15, 0.2) is 24.3 Å². The van der Waals surface area contributed by atoms with E-state index in [1.54, 1.807) is 7.11 Å². The first kappa shape index (κ1) is 12.3. The number of methoxy groups -OCH3 is 1. The number of fused-ring (bicyclic) bond motifs is 1. The van der Waals surface area contributed by atoms with E-state index in [-0.39, 0.29) is 0 Å².